The van der Waals surface area contributed by atoms with Crippen LogP contribution in [0.5, 0.6) is 0 Å². The van der Waals surface area contributed by atoms with Crippen LogP contribution < -0.4 is 15.1 Å². The zero-order valence-electron chi connectivity index (χ0n) is 18.3. The summed E-state index contributed by atoms with van der Waals surface area (Å²) in [6.07, 6.45) is 1.01. The van der Waals surface area contributed by atoms with Gasteiger partial charge < -0.3 is 29.5 Å². The van der Waals surface area contributed by atoms with Gasteiger partial charge in [-0.2, -0.15) is 5.10 Å². The highest BCUT2D eigenvalue weighted by Crippen LogP contribution is 2.41. The Kier molecular flexibility index (Phi) is 5.72. The lowest BCUT2D eigenvalue weighted by Crippen LogP contribution is -2.40. The standard InChI is InChI=1S/C20H24N5O8P/c1-31-19(26)21-8-18-17-7-12-6-14(2-3-16(12)25(17)20(27)33-18)23-9-13-10-24(22-15(13)11-23)4-5-32-34(28,29)30/h2-3,6,10,17-18H,4-5,7-9,11H2,1H3,(H,21,26)(H2,28,29,30)/t17-,18-/m0/s1. The van der Waals surface area contributed by atoms with Crippen molar-refractivity contribution in [3.63, 3.8) is 0 Å². The van der Waals surface area contributed by atoms with E-state index in [9.17, 15) is 14.2 Å². The number of carbonyl (C=O) groups is 2. The molecule has 34 heavy (non-hydrogen) atoms. The van der Waals surface area contributed by atoms with Crippen molar-refractivity contribution in [2.24, 2.45) is 0 Å². The van der Waals surface area contributed by atoms with Crippen LogP contribution in [0, 0.1) is 0 Å². The van der Waals surface area contributed by atoms with Gasteiger partial charge in [0, 0.05) is 24.0 Å². The molecule has 1 aromatic heterocycles. The van der Waals surface area contributed by atoms with E-state index in [0.29, 0.717) is 19.5 Å². The molecule has 3 N–H and O–H groups in total. The third-order valence-corrected chi connectivity index (χ3v) is 6.68. The fourth-order valence-electron chi connectivity index (χ4n) is 4.65. The first kappa shape index (κ1) is 22.7. The van der Waals surface area contributed by atoms with Crippen molar-refractivity contribution in [2.45, 2.75) is 38.2 Å². The molecule has 13 nitrogen and oxygen atoms in total. The number of nitrogens with zero attached hydrogens (tertiary/aromatic N) is 4. The van der Waals surface area contributed by atoms with Gasteiger partial charge in [-0.25, -0.2) is 14.2 Å². The molecular weight excluding hydrogens is 469 g/mol. The first-order valence-electron chi connectivity index (χ1n) is 10.7. The molecule has 2 atom stereocenters. The monoisotopic (exact) mass is 493 g/mol. The first-order valence-corrected chi connectivity index (χ1v) is 12.2. The summed E-state index contributed by atoms with van der Waals surface area (Å²) >= 11 is 0. The van der Waals surface area contributed by atoms with Gasteiger partial charge in [-0.05, 0) is 30.2 Å². The lowest BCUT2D eigenvalue weighted by molar-refractivity contribution is 0.123. The molecule has 2 amide bonds. The van der Waals surface area contributed by atoms with Gasteiger partial charge in [-0.15, -0.1) is 0 Å². The first-order chi connectivity index (χ1) is 16.2. The number of amides is 2. The molecule has 4 heterocycles. The number of ether oxygens (including phenoxy) is 2. The number of benzene rings is 1. The van der Waals surface area contributed by atoms with Gasteiger partial charge in [-0.3, -0.25) is 14.1 Å². The number of phosphoric ester groups is 1. The molecule has 14 heteroatoms. The molecule has 3 aliphatic rings. The van der Waals surface area contributed by atoms with Crippen LogP contribution in [-0.2, 0) is 44.6 Å². The third kappa shape index (κ3) is 4.34. The fraction of sp³-hybridized carbons (Fsp3) is 0.450. The van der Waals surface area contributed by atoms with Gasteiger partial charge in [-0.1, -0.05) is 0 Å². The number of phosphoric acid groups is 1. The highest BCUT2D eigenvalue weighted by Gasteiger charge is 2.47. The summed E-state index contributed by atoms with van der Waals surface area (Å²) in [6, 6.07) is 5.75. The minimum absolute atomic E-state index is 0.129. The SMILES string of the molecule is COC(=O)NC[C@@H]1OC(=O)N2c3ccc(N4Cc5cn(CCOP(=O)(O)O)nc5C4)cc3C[C@@H]12. The summed E-state index contributed by atoms with van der Waals surface area (Å²) in [7, 11) is -3.21. The summed E-state index contributed by atoms with van der Waals surface area (Å²) < 4.78 is 26.9. The molecule has 1 saturated heterocycles. The van der Waals surface area contributed by atoms with E-state index in [1.807, 2.05) is 18.3 Å². The Morgan fingerprint density at radius 2 is 2.15 bits per heavy atom. The van der Waals surface area contributed by atoms with Crippen LogP contribution in [0.25, 0.3) is 0 Å². The molecule has 2 aromatic rings. The highest BCUT2D eigenvalue weighted by molar-refractivity contribution is 7.46. The van der Waals surface area contributed by atoms with E-state index in [1.165, 1.54) is 7.11 Å². The Labute approximate surface area is 194 Å². The molecule has 0 bridgehead atoms. The maximum atomic E-state index is 12.4. The number of hydrogen-bond acceptors (Lipinski definition) is 8. The normalized spacial score (nSPS) is 20.7. The average molecular weight is 493 g/mol. The third-order valence-electron chi connectivity index (χ3n) is 6.17. The summed E-state index contributed by atoms with van der Waals surface area (Å²) in [5, 5.41) is 7.09. The number of carbonyl (C=O) groups excluding carboxylic acids is 2. The van der Waals surface area contributed by atoms with E-state index in [-0.39, 0.29) is 25.7 Å². The molecule has 1 aromatic carbocycles. The second-order valence-electron chi connectivity index (χ2n) is 8.29. The van der Waals surface area contributed by atoms with Gasteiger partial charge in [0.25, 0.3) is 0 Å². The van der Waals surface area contributed by atoms with E-state index >= 15 is 0 Å². The lowest BCUT2D eigenvalue weighted by atomic mass is 10.0. The minimum Gasteiger partial charge on any atom is -0.453 e. The highest BCUT2D eigenvalue weighted by atomic mass is 31.2. The number of hydrogen-bond donors (Lipinski definition) is 3. The summed E-state index contributed by atoms with van der Waals surface area (Å²) in [5.41, 5.74) is 4.79. The van der Waals surface area contributed by atoms with Crippen LogP contribution in [0.1, 0.15) is 16.8 Å². The minimum atomic E-state index is -4.49. The van der Waals surface area contributed by atoms with Crippen molar-refractivity contribution in [2.75, 3.05) is 30.1 Å². The predicted octanol–water partition coefficient (Wildman–Crippen LogP) is 1.12. The smallest absolute Gasteiger partial charge is 0.453 e. The molecule has 0 unspecified atom stereocenters. The van der Waals surface area contributed by atoms with Crippen molar-refractivity contribution in [3.8, 4) is 0 Å². The Morgan fingerprint density at radius 3 is 2.88 bits per heavy atom. The van der Waals surface area contributed by atoms with Crippen molar-refractivity contribution < 1.29 is 37.9 Å². The second-order valence-corrected chi connectivity index (χ2v) is 9.53. The Morgan fingerprint density at radius 1 is 1.32 bits per heavy atom. The van der Waals surface area contributed by atoms with Crippen LogP contribution in [-0.4, -0.2) is 64.2 Å². The Balaban J connectivity index is 1.23. The van der Waals surface area contributed by atoms with Crippen molar-refractivity contribution in [1.29, 1.82) is 0 Å². The zero-order valence-corrected chi connectivity index (χ0v) is 19.2. The molecule has 1 fully saturated rings. The van der Waals surface area contributed by atoms with Crippen LogP contribution in [0.3, 0.4) is 0 Å². The number of aromatic nitrogens is 2. The molecule has 3 aliphatic heterocycles. The van der Waals surface area contributed by atoms with Gasteiger partial charge in [0.1, 0.15) is 6.10 Å². The van der Waals surface area contributed by atoms with Gasteiger partial charge >= 0.3 is 20.0 Å². The summed E-state index contributed by atoms with van der Waals surface area (Å²) in [6.45, 7) is 1.54. The van der Waals surface area contributed by atoms with E-state index in [1.54, 1.807) is 9.58 Å². The molecule has 5 rings (SSSR count). The van der Waals surface area contributed by atoms with Gasteiger partial charge in [0.2, 0.25) is 0 Å². The molecule has 0 aliphatic carbocycles. The number of anilines is 2. The van der Waals surface area contributed by atoms with Crippen LogP contribution >= 0.6 is 7.82 Å². The topological polar surface area (TPSA) is 156 Å². The number of fused-ring (bicyclic) bond motifs is 4. The lowest BCUT2D eigenvalue weighted by Gasteiger charge is -2.20. The largest absolute Gasteiger partial charge is 0.469 e. The molecule has 182 valence electrons. The van der Waals surface area contributed by atoms with Crippen molar-refractivity contribution in [1.82, 2.24) is 15.1 Å². The summed E-state index contributed by atoms with van der Waals surface area (Å²) in [4.78, 5) is 45.2. The van der Waals surface area contributed by atoms with Gasteiger partial charge in [0.05, 0.1) is 50.8 Å². The van der Waals surface area contributed by atoms with Gasteiger partial charge in [0.15, 0.2) is 0 Å². The Hall–Kier alpha value is -3.12. The van der Waals surface area contributed by atoms with E-state index in [2.05, 4.69) is 30.6 Å². The quantitative estimate of drug-likeness (QED) is 0.478. The second kappa shape index (κ2) is 8.58. The maximum Gasteiger partial charge on any atom is 0.469 e. The zero-order chi connectivity index (χ0) is 24.0. The van der Waals surface area contributed by atoms with Crippen molar-refractivity contribution >= 4 is 31.4 Å². The molecular formula is C20H24N5O8P. The van der Waals surface area contributed by atoms with Crippen molar-refractivity contribution in [3.05, 3.63) is 41.2 Å². The number of nitrogens with one attached hydrogen (secondary N) is 1. The summed E-state index contributed by atoms with van der Waals surface area (Å²) in [5.74, 6) is 0. The van der Waals surface area contributed by atoms with E-state index in [0.717, 1.165) is 28.2 Å². The Bertz CT molecular complexity index is 1160. The van der Waals surface area contributed by atoms with Crippen LogP contribution in [0.4, 0.5) is 21.0 Å². The number of cyclic esters (lactones) is 1. The van der Waals surface area contributed by atoms with Crippen LogP contribution in [0.2, 0.25) is 0 Å². The fourth-order valence-corrected chi connectivity index (χ4v) is 4.97. The molecule has 0 radical (unpaired) electrons. The number of alkyl carbamates (subject to hydrolysis) is 1. The molecule has 0 spiro atoms. The number of methoxy groups -OCH3 is 1. The predicted molar refractivity (Wildman–Crippen MR) is 117 cm³/mol. The van der Waals surface area contributed by atoms with E-state index in [4.69, 9.17) is 14.5 Å². The van der Waals surface area contributed by atoms with E-state index < -0.39 is 26.1 Å². The van der Waals surface area contributed by atoms with Crippen LogP contribution in [0.15, 0.2) is 24.4 Å². The number of rotatable bonds is 7. The average Bonchev–Trinajstić information content (AvgIpc) is 3.50. The molecule has 0 saturated carbocycles. The maximum absolute atomic E-state index is 12.4.